The van der Waals surface area contributed by atoms with Gasteiger partial charge in [-0.3, -0.25) is 0 Å². The van der Waals surface area contributed by atoms with Crippen LogP contribution >= 0.6 is 15.9 Å². The van der Waals surface area contributed by atoms with Crippen LogP contribution in [0.15, 0.2) is 10.7 Å². The largest absolute Gasteiger partial charge is 0.397 e. The van der Waals surface area contributed by atoms with Gasteiger partial charge >= 0.3 is 0 Å². The summed E-state index contributed by atoms with van der Waals surface area (Å²) < 4.78 is 0.986. The molecule has 102 valence electrons. The molecule has 1 atom stereocenters. The van der Waals surface area contributed by atoms with E-state index in [0.717, 1.165) is 21.5 Å². The van der Waals surface area contributed by atoms with E-state index in [1.807, 2.05) is 6.92 Å². The molecule has 1 unspecified atom stereocenters. The van der Waals surface area contributed by atoms with E-state index < -0.39 is 0 Å². The Bertz CT molecular complexity index is 380. The number of nitrogens with two attached hydrogens (primary N) is 1. The Labute approximate surface area is 119 Å². The molecular weight excluding hydrogens is 290 g/mol. The molecule has 1 aromatic heterocycles. The maximum Gasteiger partial charge on any atom is 0.140 e. The minimum atomic E-state index is 0.502. The first-order valence-electron chi connectivity index (χ1n) is 6.77. The van der Waals surface area contributed by atoms with Crippen molar-refractivity contribution in [1.29, 1.82) is 0 Å². The maximum atomic E-state index is 5.84. The molecule has 3 nitrogen and oxygen atoms in total. The van der Waals surface area contributed by atoms with E-state index in [1.54, 1.807) is 6.20 Å². The quantitative estimate of drug-likeness (QED) is 0.779. The third kappa shape index (κ3) is 4.16. The number of anilines is 2. The van der Waals surface area contributed by atoms with Gasteiger partial charge in [-0.25, -0.2) is 4.98 Å². The molecule has 0 fully saturated rings. The molecule has 0 bridgehead atoms. The van der Waals surface area contributed by atoms with Crippen molar-refractivity contribution in [2.75, 3.05) is 11.1 Å². The molecule has 1 heterocycles. The first kappa shape index (κ1) is 15.3. The third-order valence-corrected chi connectivity index (χ3v) is 4.16. The van der Waals surface area contributed by atoms with Crippen molar-refractivity contribution in [3.8, 4) is 0 Å². The molecule has 0 saturated heterocycles. The van der Waals surface area contributed by atoms with Crippen LogP contribution in [0.3, 0.4) is 0 Å². The monoisotopic (exact) mass is 313 g/mol. The van der Waals surface area contributed by atoms with Crippen LogP contribution in [0.1, 0.15) is 51.5 Å². The highest BCUT2D eigenvalue weighted by Gasteiger charge is 2.12. The van der Waals surface area contributed by atoms with Gasteiger partial charge in [-0.15, -0.1) is 0 Å². The zero-order valence-electron chi connectivity index (χ0n) is 11.6. The summed E-state index contributed by atoms with van der Waals surface area (Å²) in [5.41, 5.74) is 7.62. The Morgan fingerprint density at radius 2 is 2.06 bits per heavy atom. The van der Waals surface area contributed by atoms with Crippen molar-refractivity contribution in [3.63, 3.8) is 0 Å². The lowest BCUT2D eigenvalue weighted by molar-refractivity contribution is 0.562. The molecule has 0 aliphatic carbocycles. The summed E-state index contributed by atoms with van der Waals surface area (Å²) in [6.07, 6.45) is 7.78. The summed E-state index contributed by atoms with van der Waals surface area (Å²) in [6.45, 7) is 6.45. The average Bonchev–Trinajstić information content (AvgIpc) is 2.36. The minimum absolute atomic E-state index is 0.502. The number of unbranched alkanes of at least 4 members (excludes halogenated alkanes) is 1. The van der Waals surface area contributed by atoms with Crippen LogP contribution in [0.4, 0.5) is 11.5 Å². The van der Waals surface area contributed by atoms with E-state index in [1.165, 1.54) is 32.1 Å². The van der Waals surface area contributed by atoms with Crippen LogP contribution in [-0.4, -0.2) is 11.0 Å². The summed E-state index contributed by atoms with van der Waals surface area (Å²) >= 11 is 3.57. The lowest BCUT2D eigenvalue weighted by Crippen LogP contribution is -2.20. The average molecular weight is 314 g/mol. The molecule has 3 N–H and O–H groups in total. The highest BCUT2D eigenvalue weighted by Crippen LogP contribution is 2.29. The van der Waals surface area contributed by atoms with Gasteiger partial charge in [0, 0.05) is 6.04 Å². The molecule has 0 radical (unpaired) electrons. The summed E-state index contributed by atoms with van der Waals surface area (Å²) in [5.74, 6) is 0.913. The van der Waals surface area contributed by atoms with E-state index >= 15 is 0 Å². The van der Waals surface area contributed by atoms with Gasteiger partial charge in [-0.2, -0.15) is 0 Å². The van der Waals surface area contributed by atoms with Gasteiger partial charge in [-0.1, -0.05) is 33.1 Å². The third-order valence-electron chi connectivity index (χ3n) is 3.19. The van der Waals surface area contributed by atoms with E-state index in [-0.39, 0.29) is 0 Å². The first-order chi connectivity index (χ1) is 8.60. The second kappa shape index (κ2) is 7.62. The standard InChI is InChI=1S/C14H24BrN3/c1-4-6-8-11(7-5-2)18-14-13(15)10(3)12(16)9-17-14/h9,11H,4-8,16H2,1-3H3,(H,17,18). The van der Waals surface area contributed by atoms with E-state index in [2.05, 4.69) is 40.1 Å². The molecular formula is C14H24BrN3. The minimum Gasteiger partial charge on any atom is -0.397 e. The fourth-order valence-corrected chi connectivity index (χ4v) is 2.42. The van der Waals surface area contributed by atoms with Crippen molar-refractivity contribution in [1.82, 2.24) is 4.98 Å². The Hall–Kier alpha value is -0.770. The summed E-state index contributed by atoms with van der Waals surface area (Å²) in [5, 5.41) is 3.54. The van der Waals surface area contributed by atoms with Crippen molar-refractivity contribution in [2.45, 2.75) is 58.9 Å². The number of hydrogen-bond acceptors (Lipinski definition) is 3. The zero-order chi connectivity index (χ0) is 13.5. The van der Waals surface area contributed by atoms with Crippen LogP contribution < -0.4 is 11.1 Å². The molecule has 0 spiro atoms. The summed E-state index contributed by atoms with van der Waals surface area (Å²) in [4.78, 5) is 4.39. The molecule has 1 aromatic rings. The van der Waals surface area contributed by atoms with Gasteiger partial charge in [0.1, 0.15) is 5.82 Å². The van der Waals surface area contributed by atoms with Gasteiger partial charge in [0.25, 0.3) is 0 Å². The van der Waals surface area contributed by atoms with Crippen LogP contribution in [0, 0.1) is 6.92 Å². The molecule has 4 heteroatoms. The highest BCUT2D eigenvalue weighted by atomic mass is 79.9. The molecule has 1 rings (SSSR count). The summed E-state index contributed by atoms with van der Waals surface area (Å²) in [6, 6.07) is 0.502. The van der Waals surface area contributed by atoms with E-state index in [4.69, 9.17) is 5.73 Å². The second-order valence-electron chi connectivity index (χ2n) is 4.77. The predicted octanol–water partition coefficient (Wildman–Crippen LogP) is 4.51. The van der Waals surface area contributed by atoms with Gasteiger partial charge in [0.05, 0.1) is 16.4 Å². The van der Waals surface area contributed by atoms with E-state index in [9.17, 15) is 0 Å². The Morgan fingerprint density at radius 3 is 2.67 bits per heavy atom. The Kier molecular flexibility index (Phi) is 6.47. The second-order valence-corrected chi connectivity index (χ2v) is 5.57. The molecule has 0 aliphatic heterocycles. The van der Waals surface area contributed by atoms with Crippen molar-refractivity contribution in [3.05, 3.63) is 16.2 Å². The normalized spacial score (nSPS) is 12.4. The first-order valence-corrected chi connectivity index (χ1v) is 7.56. The van der Waals surface area contributed by atoms with E-state index in [0.29, 0.717) is 6.04 Å². The zero-order valence-corrected chi connectivity index (χ0v) is 13.2. The van der Waals surface area contributed by atoms with Crippen LogP contribution in [0.25, 0.3) is 0 Å². The van der Waals surface area contributed by atoms with Crippen LogP contribution in [0.2, 0.25) is 0 Å². The number of pyridine rings is 1. The van der Waals surface area contributed by atoms with Gasteiger partial charge < -0.3 is 11.1 Å². The smallest absolute Gasteiger partial charge is 0.140 e. The topological polar surface area (TPSA) is 50.9 Å². The van der Waals surface area contributed by atoms with Crippen molar-refractivity contribution in [2.24, 2.45) is 0 Å². The highest BCUT2D eigenvalue weighted by molar-refractivity contribution is 9.10. The number of hydrogen-bond donors (Lipinski definition) is 2. The van der Waals surface area contributed by atoms with Gasteiger partial charge in [0.15, 0.2) is 0 Å². The lowest BCUT2D eigenvalue weighted by atomic mass is 10.1. The molecule has 18 heavy (non-hydrogen) atoms. The molecule has 0 amide bonds. The number of nitrogens with one attached hydrogen (secondary N) is 1. The lowest BCUT2D eigenvalue weighted by Gasteiger charge is -2.20. The maximum absolute atomic E-state index is 5.84. The number of halogens is 1. The van der Waals surface area contributed by atoms with Crippen molar-refractivity contribution < 1.29 is 0 Å². The summed E-state index contributed by atoms with van der Waals surface area (Å²) in [7, 11) is 0. The predicted molar refractivity (Wildman–Crippen MR) is 82.9 cm³/mol. The molecule has 0 aromatic carbocycles. The number of rotatable bonds is 7. The van der Waals surface area contributed by atoms with Crippen molar-refractivity contribution >= 4 is 27.4 Å². The number of aromatic nitrogens is 1. The van der Waals surface area contributed by atoms with Gasteiger partial charge in [-0.05, 0) is 41.3 Å². The van der Waals surface area contributed by atoms with Crippen LogP contribution in [0.5, 0.6) is 0 Å². The Balaban J connectivity index is 2.77. The SMILES string of the molecule is CCCCC(CCC)Nc1ncc(N)c(C)c1Br. The number of nitrogen functional groups attached to an aromatic ring is 1. The fourth-order valence-electron chi connectivity index (χ4n) is 1.97. The van der Waals surface area contributed by atoms with Gasteiger partial charge in [0.2, 0.25) is 0 Å². The molecule has 0 aliphatic rings. The fraction of sp³-hybridized carbons (Fsp3) is 0.643. The molecule has 0 saturated carbocycles. The van der Waals surface area contributed by atoms with Crippen LogP contribution in [-0.2, 0) is 0 Å². The Morgan fingerprint density at radius 1 is 1.33 bits per heavy atom. The number of nitrogens with zero attached hydrogens (tertiary/aromatic N) is 1.